The van der Waals surface area contributed by atoms with E-state index in [2.05, 4.69) is 15.5 Å². The van der Waals surface area contributed by atoms with Gasteiger partial charge in [0.2, 0.25) is 5.91 Å². The first-order valence-corrected chi connectivity index (χ1v) is 9.84. The van der Waals surface area contributed by atoms with Crippen molar-refractivity contribution in [2.75, 3.05) is 50.9 Å². The summed E-state index contributed by atoms with van der Waals surface area (Å²) in [5.41, 5.74) is 0. The molecule has 24 heavy (non-hydrogen) atoms. The molecule has 2 atom stereocenters. The average molecular weight is 353 g/mol. The van der Waals surface area contributed by atoms with E-state index in [1.165, 1.54) is 0 Å². The molecule has 2 fully saturated rings. The van der Waals surface area contributed by atoms with Crippen molar-refractivity contribution in [3.05, 3.63) is 23.7 Å². The quantitative estimate of drug-likeness (QED) is 0.800. The second kappa shape index (κ2) is 8.89. The van der Waals surface area contributed by atoms with E-state index >= 15 is 0 Å². The van der Waals surface area contributed by atoms with Crippen LogP contribution in [-0.2, 0) is 9.53 Å². The first-order chi connectivity index (χ1) is 11.7. The van der Waals surface area contributed by atoms with Crippen LogP contribution in [-0.4, -0.2) is 67.7 Å². The van der Waals surface area contributed by atoms with E-state index in [-0.39, 0.29) is 18.0 Å². The number of thioether (sulfide) groups is 1. The Hall–Kier alpha value is -1.02. The van der Waals surface area contributed by atoms with E-state index in [1.807, 2.05) is 30.8 Å². The Kier molecular flexibility index (Phi) is 6.59. The minimum absolute atomic E-state index is 0.0697. The van der Waals surface area contributed by atoms with Crippen LogP contribution < -0.4 is 10.6 Å². The molecule has 2 saturated heterocycles. The van der Waals surface area contributed by atoms with Crippen molar-refractivity contribution < 1.29 is 13.9 Å². The monoisotopic (exact) mass is 353 g/mol. The summed E-state index contributed by atoms with van der Waals surface area (Å²) in [6.07, 6.45) is 0.542. The van der Waals surface area contributed by atoms with Crippen LogP contribution in [0, 0.1) is 6.92 Å². The summed E-state index contributed by atoms with van der Waals surface area (Å²) < 4.78 is 11.3. The van der Waals surface area contributed by atoms with Crippen LogP contribution in [0.1, 0.15) is 24.0 Å². The topological polar surface area (TPSA) is 66.7 Å². The number of furan rings is 1. The first kappa shape index (κ1) is 17.8. The van der Waals surface area contributed by atoms with Gasteiger partial charge in [0.05, 0.1) is 19.3 Å². The molecule has 6 nitrogen and oxygen atoms in total. The number of carbonyl (C=O) groups excluding carboxylic acids is 1. The van der Waals surface area contributed by atoms with Crippen LogP contribution >= 0.6 is 11.8 Å². The SMILES string of the molecule is Cc1ccc(C(CNC(=O)CC2CSCCN2)N2CCOCC2)o1. The van der Waals surface area contributed by atoms with Crippen molar-refractivity contribution in [3.8, 4) is 0 Å². The van der Waals surface area contributed by atoms with Gasteiger partial charge in [0, 0.05) is 50.1 Å². The molecule has 1 amide bonds. The van der Waals surface area contributed by atoms with Gasteiger partial charge in [0.1, 0.15) is 11.5 Å². The number of nitrogens with zero attached hydrogens (tertiary/aromatic N) is 1. The van der Waals surface area contributed by atoms with Crippen LogP contribution in [0.4, 0.5) is 0 Å². The van der Waals surface area contributed by atoms with Gasteiger partial charge in [-0.05, 0) is 19.1 Å². The number of ether oxygens (including phenoxy) is 1. The number of hydrogen-bond donors (Lipinski definition) is 2. The van der Waals surface area contributed by atoms with Crippen molar-refractivity contribution in [2.45, 2.75) is 25.4 Å². The Morgan fingerprint density at radius 3 is 2.96 bits per heavy atom. The summed E-state index contributed by atoms with van der Waals surface area (Å²) in [5.74, 6) is 4.07. The van der Waals surface area contributed by atoms with Crippen molar-refractivity contribution in [3.63, 3.8) is 0 Å². The Balaban J connectivity index is 1.55. The van der Waals surface area contributed by atoms with Crippen LogP contribution in [0.2, 0.25) is 0 Å². The van der Waals surface area contributed by atoms with Gasteiger partial charge in [0.15, 0.2) is 0 Å². The molecular weight excluding hydrogens is 326 g/mol. The lowest BCUT2D eigenvalue weighted by molar-refractivity contribution is -0.121. The lowest BCUT2D eigenvalue weighted by Crippen LogP contribution is -2.45. The predicted octanol–water partition coefficient (Wildman–Crippen LogP) is 1.17. The largest absolute Gasteiger partial charge is 0.465 e. The molecule has 0 saturated carbocycles. The molecule has 2 aliphatic rings. The zero-order valence-electron chi connectivity index (χ0n) is 14.3. The molecule has 0 radical (unpaired) electrons. The summed E-state index contributed by atoms with van der Waals surface area (Å²) in [7, 11) is 0. The molecule has 1 aromatic rings. The fraction of sp³-hybridized carbons (Fsp3) is 0.706. The van der Waals surface area contributed by atoms with E-state index in [0.717, 1.165) is 55.9 Å². The molecule has 2 N–H and O–H groups in total. The van der Waals surface area contributed by atoms with Crippen LogP contribution in [0.5, 0.6) is 0 Å². The maximum atomic E-state index is 12.3. The summed E-state index contributed by atoms with van der Waals surface area (Å²) in [6.45, 7) is 6.70. The Labute approximate surface area is 147 Å². The van der Waals surface area contributed by atoms with Gasteiger partial charge in [-0.2, -0.15) is 11.8 Å². The Morgan fingerprint density at radius 1 is 1.46 bits per heavy atom. The molecule has 3 rings (SSSR count). The lowest BCUT2D eigenvalue weighted by Gasteiger charge is -2.33. The zero-order valence-corrected chi connectivity index (χ0v) is 15.1. The molecule has 0 bridgehead atoms. The molecule has 134 valence electrons. The van der Waals surface area contributed by atoms with E-state index in [4.69, 9.17) is 9.15 Å². The molecule has 2 unspecified atom stereocenters. The van der Waals surface area contributed by atoms with Crippen LogP contribution in [0.25, 0.3) is 0 Å². The summed E-state index contributed by atoms with van der Waals surface area (Å²) in [4.78, 5) is 14.6. The van der Waals surface area contributed by atoms with Gasteiger partial charge in [-0.15, -0.1) is 0 Å². The molecule has 7 heteroatoms. The molecule has 2 aliphatic heterocycles. The summed E-state index contributed by atoms with van der Waals surface area (Å²) >= 11 is 1.91. The number of aryl methyl sites for hydroxylation is 1. The highest BCUT2D eigenvalue weighted by molar-refractivity contribution is 7.99. The zero-order chi connectivity index (χ0) is 16.8. The fourth-order valence-electron chi connectivity index (χ4n) is 3.19. The molecule has 0 spiro atoms. The third-order valence-corrected chi connectivity index (χ3v) is 5.63. The maximum Gasteiger partial charge on any atom is 0.221 e. The number of nitrogens with one attached hydrogen (secondary N) is 2. The van der Waals surface area contributed by atoms with Crippen molar-refractivity contribution >= 4 is 17.7 Å². The Morgan fingerprint density at radius 2 is 2.29 bits per heavy atom. The van der Waals surface area contributed by atoms with Gasteiger partial charge >= 0.3 is 0 Å². The predicted molar refractivity (Wildman–Crippen MR) is 95.3 cm³/mol. The van der Waals surface area contributed by atoms with Gasteiger partial charge < -0.3 is 19.8 Å². The molecular formula is C17H27N3O3S. The van der Waals surface area contributed by atoms with Crippen molar-refractivity contribution in [2.24, 2.45) is 0 Å². The van der Waals surface area contributed by atoms with Crippen LogP contribution in [0.15, 0.2) is 16.5 Å². The first-order valence-electron chi connectivity index (χ1n) is 8.68. The molecule has 1 aromatic heterocycles. The lowest BCUT2D eigenvalue weighted by atomic mass is 10.1. The third-order valence-electron chi connectivity index (χ3n) is 4.50. The van der Waals surface area contributed by atoms with Crippen LogP contribution in [0.3, 0.4) is 0 Å². The number of rotatable bonds is 6. The fourth-order valence-corrected chi connectivity index (χ4v) is 4.14. The molecule has 0 aromatic carbocycles. The average Bonchev–Trinajstić information content (AvgIpc) is 3.03. The second-order valence-corrected chi connectivity index (χ2v) is 7.50. The minimum Gasteiger partial charge on any atom is -0.465 e. The number of carbonyl (C=O) groups is 1. The molecule has 0 aliphatic carbocycles. The Bertz CT molecular complexity index is 525. The van der Waals surface area contributed by atoms with Gasteiger partial charge in [-0.1, -0.05) is 0 Å². The van der Waals surface area contributed by atoms with E-state index < -0.39 is 0 Å². The highest BCUT2D eigenvalue weighted by atomic mass is 32.2. The smallest absolute Gasteiger partial charge is 0.221 e. The summed E-state index contributed by atoms with van der Waals surface area (Å²) in [6, 6.07) is 4.35. The van der Waals surface area contributed by atoms with E-state index in [0.29, 0.717) is 13.0 Å². The van der Waals surface area contributed by atoms with E-state index in [1.54, 1.807) is 0 Å². The van der Waals surface area contributed by atoms with Crippen molar-refractivity contribution in [1.82, 2.24) is 15.5 Å². The number of hydrogen-bond acceptors (Lipinski definition) is 6. The normalized spacial score (nSPS) is 23.8. The third kappa shape index (κ3) is 4.99. The summed E-state index contributed by atoms with van der Waals surface area (Å²) in [5, 5.41) is 6.51. The van der Waals surface area contributed by atoms with Crippen molar-refractivity contribution in [1.29, 1.82) is 0 Å². The number of amides is 1. The number of morpholine rings is 1. The molecule has 3 heterocycles. The standard InChI is InChI=1S/C17H27N3O3S/c1-13-2-3-16(23-13)15(20-5-7-22-8-6-20)11-19-17(21)10-14-12-24-9-4-18-14/h2-3,14-15,18H,4-12H2,1H3,(H,19,21). The van der Waals surface area contributed by atoms with E-state index in [9.17, 15) is 4.79 Å². The van der Waals surface area contributed by atoms with Gasteiger partial charge in [-0.3, -0.25) is 9.69 Å². The highest BCUT2D eigenvalue weighted by Gasteiger charge is 2.26. The minimum atomic E-state index is 0.0697. The van der Waals surface area contributed by atoms with Gasteiger partial charge in [0.25, 0.3) is 0 Å². The maximum absolute atomic E-state index is 12.3. The van der Waals surface area contributed by atoms with Gasteiger partial charge in [-0.25, -0.2) is 0 Å². The highest BCUT2D eigenvalue weighted by Crippen LogP contribution is 2.23. The second-order valence-electron chi connectivity index (χ2n) is 6.35.